The fraction of sp³-hybridized carbons (Fsp3) is 0. The maximum absolute atomic E-state index is 8.18. The van der Waals surface area contributed by atoms with Crippen LogP contribution in [0.1, 0.15) is 0 Å². The van der Waals surface area contributed by atoms with Crippen LogP contribution in [0.3, 0.4) is 0 Å². The number of nitrogens with one attached hydrogen (secondary N) is 1. The summed E-state index contributed by atoms with van der Waals surface area (Å²) in [5.74, 6) is 0.0463. The molecule has 0 bridgehead atoms. The van der Waals surface area contributed by atoms with Crippen LogP contribution in [0.25, 0.3) is 0 Å². The van der Waals surface area contributed by atoms with Crippen LogP contribution in [-0.4, -0.2) is 32.8 Å². The lowest BCUT2D eigenvalue weighted by Gasteiger charge is -1.94. The van der Waals surface area contributed by atoms with Gasteiger partial charge in [0.15, 0.2) is 0 Å². The van der Waals surface area contributed by atoms with E-state index >= 15 is 0 Å². The van der Waals surface area contributed by atoms with E-state index in [1.165, 1.54) is 6.20 Å². The predicted octanol–water partition coefficient (Wildman–Crippen LogP) is -1.85. The van der Waals surface area contributed by atoms with Crippen molar-refractivity contribution in [3.05, 3.63) is 6.20 Å². The molecule has 0 spiro atoms. The number of aromatic nitrogens is 3. The Balaban J connectivity index is 2.48. The predicted molar refractivity (Wildman–Crippen MR) is 27.2 cm³/mol. The average molecular weight is 129 g/mol. The van der Waals surface area contributed by atoms with Gasteiger partial charge in [0, 0.05) is 0 Å². The van der Waals surface area contributed by atoms with Crippen LogP contribution in [0, 0.1) is 0 Å². The molecule has 3 N–H and O–H groups in total. The number of nitrogens with zero attached hydrogens (tertiary/aromatic N) is 2. The molecule has 0 aliphatic heterocycles. The molecule has 6 nitrogen and oxygen atoms in total. The normalized spacial score (nSPS) is 9.11. The Kier molecular flexibility index (Phi) is 1.66. The van der Waals surface area contributed by atoms with Crippen LogP contribution in [-0.2, 0) is 0 Å². The third-order valence-corrected chi connectivity index (χ3v) is 0.619. The van der Waals surface area contributed by atoms with Crippen molar-refractivity contribution in [3.8, 4) is 5.88 Å². The summed E-state index contributed by atoms with van der Waals surface area (Å²) >= 11 is 0. The summed E-state index contributed by atoms with van der Waals surface area (Å²) in [6, 6.07) is 0. The van der Waals surface area contributed by atoms with E-state index < -0.39 is 7.32 Å². The van der Waals surface area contributed by atoms with Crippen molar-refractivity contribution in [2.24, 2.45) is 0 Å². The third kappa shape index (κ3) is 1.71. The van der Waals surface area contributed by atoms with E-state index in [2.05, 4.69) is 20.1 Å². The zero-order valence-electron chi connectivity index (χ0n) is 4.35. The molecule has 0 unspecified atom stereocenters. The zero-order chi connectivity index (χ0) is 6.69. The number of H-pyrrole nitrogens is 1. The quantitative estimate of drug-likeness (QED) is 0.407. The molecular weight excluding hydrogens is 125 g/mol. The van der Waals surface area contributed by atoms with Gasteiger partial charge in [-0.05, 0) is 0 Å². The molecule has 0 amide bonds. The molecule has 9 heavy (non-hydrogen) atoms. The van der Waals surface area contributed by atoms with Crippen LogP contribution in [0.2, 0.25) is 0 Å². The molecule has 0 aliphatic carbocycles. The second-order valence-electron chi connectivity index (χ2n) is 1.25. The van der Waals surface area contributed by atoms with Crippen molar-refractivity contribution in [2.45, 2.75) is 0 Å². The van der Waals surface area contributed by atoms with E-state index in [1.807, 2.05) is 0 Å². The second kappa shape index (κ2) is 2.47. The SMILES string of the molecule is OB(O)Oc1cn[nH]n1. The maximum Gasteiger partial charge on any atom is 0.708 e. The highest BCUT2D eigenvalue weighted by Crippen LogP contribution is 1.98. The highest BCUT2D eigenvalue weighted by Gasteiger charge is 2.11. The fourth-order valence-corrected chi connectivity index (χ4v) is 0.356. The van der Waals surface area contributed by atoms with Gasteiger partial charge in [-0.2, -0.15) is 10.3 Å². The minimum absolute atomic E-state index is 0.0463. The zero-order valence-corrected chi connectivity index (χ0v) is 4.35. The minimum atomic E-state index is -1.84. The van der Waals surface area contributed by atoms with Gasteiger partial charge in [-0.15, -0.1) is 5.10 Å². The summed E-state index contributed by atoms with van der Waals surface area (Å²) < 4.78 is 4.26. The van der Waals surface area contributed by atoms with Crippen LogP contribution in [0.4, 0.5) is 0 Å². The Labute approximate surface area is 50.6 Å². The maximum atomic E-state index is 8.18. The van der Waals surface area contributed by atoms with Crippen molar-refractivity contribution in [3.63, 3.8) is 0 Å². The van der Waals surface area contributed by atoms with Crippen molar-refractivity contribution < 1.29 is 14.7 Å². The Morgan fingerprint density at radius 2 is 2.44 bits per heavy atom. The van der Waals surface area contributed by atoms with Gasteiger partial charge in [-0.1, -0.05) is 0 Å². The van der Waals surface area contributed by atoms with E-state index in [0.717, 1.165) is 0 Å². The molecule has 1 heterocycles. The van der Waals surface area contributed by atoms with E-state index in [9.17, 15) is 0 Å². The topological polar surface area (TPSA) is 91.3 Å². The lowest BCUT2D eigenvalue weighted by Crippen LogP contribution is -2.20. The van der Waals surface area contributed by atoms with Crippen LogP contribution in [0.15, 0.2) is 6.20 Å². The van der Waals surface area contributed by atoms with Gasteiger partial charge in [0.05, 0.1) is 0 Å². The first-order valence-electron chi connectivity index (χ1n) is 2.17. The van der Waals surface area contributed by atoms with Crippen LogP contribution >= 0.6 is 0 Å². The molecule has 0 fully saturated rings. The highest BCUT2D eigenvalue weighted by atomic mass is 16.6. The van der Waals surface area contributed by atoms with Gasteiger partial charge in [0.25, 0.3) is 0 Å². The smallest absolute Gasteiger partial charge is 0.495 e. The average Bonchev–Trinajstić information content (AvgIpc) is 2.15. The fourth-order valence-electron chi connectivity index (χ4n) is 0.356. The molecule has 1 rings (SSSR count). The van der Waals surface area contributed by atoms with Crippen molar-refractivity contribution in [1.29, 1.82) is 0 Å². The lowest BCUT2D eigenvalue weighted by atomic mass is 10.3. The summed E-state index contributed by atoms with van der Waals surface area (Å²) in [6.07, 6.45) is 1.22. The molecule has 1 aromatic rings. The number of hydrogen-bond donors (Lipinski definition) is 3. The summed E-state index contributed by atoms with van der Waals surface area (Å²) in [6.45, 7) is 0. The van der Waals surface area contributed by atoms with Crippen molar-refractivity contribution >= 4 is 7.32 Å². The molecule has 0 aliphatic rings. The van der Waals surface area contributed by atoms with E-state index in [-0.39, 0.29) is 5.88 Å². The van der Waals surface area contributed by atoms with E-state index in [0.29, 0.717) is 0 Å². The molecule has 7 heteroatoms. The molecule has 1 aromatic heterocycles. The number of rotatable bonds is 2. The summed E-state index contributed by atoms with van der Waals surface area (Å²) in [5, 5.41) is 25.3. The molecule has 48 valence electrons. The standard InChI is InChI=1S/C2H4BN3O3/c7-3(8)9-2-1-4-6-5-2/h1,7-8H,(H,4,5,6). The number of hydrogen-bond acceptors (Lipinski definition) is 5. The Hall–Kier alpha value is -1.08. The Morgan fingerprint density at radius 1 is 1.67 bits per heavy atom. The molecule has 0 saturated carbocycles. The highest BCUT2D eigenvalue weighted by molar-refractivity contribution is 6.33. The summed E-state index contributed by atoms with van der Waals surface area (Å²) in [4.78, 5) is 0. The van der Waals surface area contributed by atoms with E-state index in [4.69, 9.17) is 10.0 Å². The Bertz CT molecular complexity index is 164. The van der Waals surface area contributed by atoms with Crippen molar-refractivity contribution in [2.75, 3.05) is 0 Å². The second-order valence-corrected chi connectivity index (χ2v) is 1.25. The first-order chi connectivity index (χ1) is 4.29. The lowest BCUT2D eigenvalue weighted by molar-refractivity contribution is 0.283. The molecule has 0 aromatic carbocycles. The van der Waals surface area contributed by atoms with Gasteiger partial charge < -0.3 is 14.7 Å². The molecule has 0 radical (unpaired) electrons. The van der Waals surface area contributed by atoms with Crippen LogP contribution < -0.4 is 4.65 Å². The summed E-state index contributed by atoms with van der Waals surface area (Å²) in [5.41, 5.74) is 0. The molecule has 0 saturated heterocycles. The first-order valence-corrected chi connectivity index (χ1v) is 2.17. The molecule has 0 atom stereocenters. The summed E-state index contributed by atoms with van der Waals surface area (Å²) in [7, 11) is -1.84. The van der Waals surface area contributed by atoms with Crippen LogP contribution in [0.5, 0.6) is 5.88 Å². The largest absolute Gasteiger partial charge is 0.708 e. The minimum Gasteiger partial charge on any atom is -0.495 e. The monoisotopic (exact) mass is 129 g/mol. The molecular formula is C2H4BN3O3. The third-order valence-electron chi connectivity index (χ3n) is 0.619. The van der Waals surface area contributed by atoms with Gasteiger partial charge in [-0.3, -0.25) is 0 Å². The number of aromatic amines is 1. The van der Waals surface area contributed by atoms with Gasteiger partial charge in [0.2, 0.25) is 5.88 Å². The van der Waals surface area contributed by atoms with E-state index in [1.54, 1.807) is 0 Å². The van der Waals surface area contributed by atoms with Gasteiger partial charge >= 0.3 is 7.32 Å². The van der Waals surface area contributed by atoms with Crippen molar-refractivity contribution in [1.82, 2.24) is 15.4 Å². The first kappa shape index (κ1) is 6.05. The van der Waals surface area contributed by atoms with Gasteiger partial charge in [-0.25, -0.2) is 0 Å². The Morgan fingerprint density at radius 3 is 2.89 bits per heavy atom. The van der Waals surface area contributed by atoms with Gasteiger partial charge in [0.1, 0.15) is 6.20 Å².